The highest BCUT2D eigenvalue weighted by Crippen LogP contribution is 2.15. The van der Waals surface area contributed by atoms with Gasteiger partial charge in [-0.1, -0.05) is 36.4 Å². The minimum atomic E-state index is -0.840. The van der Waals surface area contributed by atoms with Gasteiger partial charge in [-0.2, -0.15) is 0 Å². The van der Waals surface area contributed by atoms with Gasteiger partial charge < -0.3 is 15.4 Å². The van der Waals surface area contributed by atoms with E-state index in [-0.39, 0.29) is 17.9 Å². The lowest BCUT2D eigenvalue weighted by molar-refractivity contribution is 0.0474. The fraction of sp³-hybridized carbons (Fsp3) is 0.217. The number of nitrogen functional groups attached to an aromatic ring is 1. The topological polar surface area (TPSA) is 117 Å². The Hall–Kier alpha value is -4.14. The van der Waals surface area contributed by atoms with Gasteiger partial charge in [0.15, 0.2) is 6.61 Å². The van der Waals surface area contributed by atoms with Gasteiger partial charge in [0.05, 0.1) is 12.1 Å². The molecule has 9 nitrogen and oxygen atoms in total. The van der Waals surface area contributed by atoms with Crippen molar-refractivity contribution in [1.29, 1.82) is 0 Å². The molecule has 0 aliphatic carbocycles. The molecule has 0 saturated heterocycles. The normalized spacial score (nSPS) is 10.6. The number of rotatable bonds is 7. The van der Waals surface area contributed by atoms with E-state index in [1.54, 1.807) is 42.5 Å². The van der Waals surface area contributed by atoms with Crippen molar-refractivity contribution in [3.8, 4) is 0 Å². The van der Waals surface area contributed by atoms with Gasteiger partial charge >= 0.3 is 11.7 Å². The van der Waals surface area contributed by atoms with E-state index in [1.165, 1.54) is 7.05 Å². The third-order valence-electron chi connectivity index (χ3n) is 4.98. The van der Waals surface area contributed by atoms with Crippen LogP contribution in [0.3, 0.4) is 0 Å². The molecule has 0 spiro atoms. The molecule has 0 aliphatic heterocycles. The van der Waals surface area contributed by atoms with Crippen LogP contribution < -0.4 is 21.9 Å². The molecule has 3 rings (SSSR count). The first-order valence-electron chi connectivity index (χ1n) is 9.81. The van der Waals surface area contributed by atoms with Crippen LogP contribution in [0, 0.1) is 0 Å². The van der Waals surface area contributed by atoms with Crippen molar-refractivity contribution >= 4 is 23.3 Å². The lowest BCUT2D eigenvalue weighted by atomic mass is 10.1. The molecule has 1 heterocycles. The highest BCUT2D eigenvalue weighted by atomic mass is 16.5. The molecule has 0 radical (unpaired) electrons. The van der Waals surface area contributed by atoms with E-state index in [1.807, 2.05) is 31.1 Å². The third-order valence-corrected chi connectivity index (χ3v) is 4.98. The molecule has 0 atom stereocenters. The van der Waals surface area contributed by atoms with Crippen LogP contribution >= 0.6 is 0 Å². The summed E-state index contributed by atoms with van der Waals surface area (Å²) in [5, 5.41) is 0. The molecule has 0 aliphatic rings. The molecular weight excluding hydrogens is 412 g/mol. The summed E-state index contributed by atoms with van der Waals surface area (Å²) in [5.41, 5.74) is 6.00. The number of anilines is 2. The first-order valence-corrected chi connectivity index (χ1v) is 9.81. The molecule has 2 N–H and O–H groups in total. The number of carbonyl (C=O) groups is 2. The Morgan fingerprint density at radius 2 is 1.72 bits per heavy atom. The van der Waals surface area contributed by atoms with E-state index < -0.39 is 35.2 Å². The van der Waals surface area contributed by atoms with Gasteiger partial charge in [-0.15, -0.1) is 0 Å². The van der Waals surface area contributed by atoms with E-state index in [0.717, 1.165) is 20.4 Å². The average molecular weight is 436 g/mol. The Morgan fingerprint density at radius 1 is 1.03 bits per heavy atom. The van der Waals surface area contributed by atoms with Gasteiger partial charge in [0.25, 0.3) is 5.56 Å². The summed E-state index contributed by atoms with van der Waals surface area (Å²) in [6.07, 6.45) is 0. The van der Waals surface area contributed by atoms with Gasteiger partial charge in [0, 0.05) is 26.8 Å². The zero-order chi connectivity index (χ0) is 23.4. The molecule has 3 aromatic rings. The van der Waals surface area contributed by atoms with Gasteiger partial charge in [-0.05, 0) is 23.8 Å². The predicted molar refractivity (Wildman–Crippen MR) is 121 cm³/mol. The minimum absolute atomic E-state index is 0.0804. The van der Waals surface area contributed by atoms with Crippen molar-refractivity contribution in [3.05, 3.63) is 92.1 Å². The van der Waals surface area contributed by atoms with Crippen LogP contribution in [0.1, 0.15) is 26.3 Å². The standard InChI is InChI=1S/C23H24N4O5/c1-25(2)17-11-7-10-16(12-17)22(30)32-14-18(28)19-20(24)27(23(31)26(3)21(19)29)13-15-8-5-4-6-9-15/h4-12H,13-14,24H2,1-3H3. The van der Waals surface area contributed by atoms with Crippen molar-refractivity contribution in [3.63, 3.8) is 0 Å². The number of hydrogen-bond acceptors (Lipinski definition) is 7. The number of esters is 1. The Kier molecular flexibility index (Phi) is 6.58. The quantitative estimate of drug-likeness (QED) is 0.438. The molecule has 2 aromatic carbocycles. The second-order valence-corrected chi connectivity index (χ2v) is 7.42. The van der Waals surface area contributed by atoms with Gasteiger partial charge in [0.1, 0.15) is 11.4 Å². The monoisotopic (exact) mass is 436 g/mol. The molecule has 0 saturated carbocycles. The van der Waals surface area contributed by atoms with Gasteiger partial charge in [-0.25, -0.2) is 9.59 Å². The second kappa shape index (κ2) is 9.34. The van der Waals surface area contributed by atoms with E-state index >= 15 is 0 Å². The Morgan fingerprint density at radius 3 is 2.38 bits per heavy atom. The maximum absolute atomic E-state index is 12.8. The second-order valence-electron chi connectivity index (χ2n) is 7.42. The Labute approximate surface area is 184 Å². The summed E-state index contributed by atoms with van der Waals surface area (Å²) in [5.74, 6) is -1.77. The highest BCUT2D eigenvalue weighted by Gasteiger charge is 2.23. The number of nitrogens with zero attached hydrogens (tertiary/aromatic N) is 3. The van der Waals surface area contributed by atoms with Crippen molar-refractivity contribution < 1.29 is 14.3 Å². The zero-order valence-electron chi connectivity index (χ0n) is 18.1. The molecule has 32 heavy (non-hydrogen) atoms. The number of carbonyl (C=O) groups excluding carboxylic acids is 2. The molecule has 166 valence electrons. The number of hydrogen-bond donors (Lipinski definition) is 1. The molecule has 0 amide bonds. The van der Waals surface area contributed by atoms with Crippen molar-refractivity contribution in [2.75, 3.05) is 31.3 Å². The van der Waals surface area contributed by atoms with Crippen molar-refractivity contribution in [2.24, 2.45) is 7.05 Å². The maximum atomic E-state index is 12.8. The molecule has 1 aromatic heterocycles. The number of aromatic nitrogens is 2. The summed E-state index contributed by atoms with van der Waals surface area (Å²) >= 11 is 0. The summed E-state index contributed by atoms with van der Waals surface area (Å²) in [7, 11) is 4.93. The number of ether oxygens (including phenoxy) is 1. The predicted octanol–water partition coefficient (Wildman–Crippen LogP) is 1.28. The highest BCUT2D eigenvalue weighted by molar-refractivity contribution is 6.02. The summed E-state index contributed by atoms with van der Waals surface area (Å²) in [6, 6.07) is 15.7. The summed E-state index contributed by atoms with van der Waals surface area (Å²) in [4.78, 5) is 52.2. The fourth-order valence-electron chi connectivity index (χ4n) is 3.16. The fourth-order valence-corrected chi connectivity index (χ4v) is 3.16. The van der Waals surface area contributed by atoms with Crippen LogP contribution in [0.15, 0.2) is 64.2 Å². The van der Waals surface area contributed by atoms with Crippen LogP contribution in [-0.4, -0.2) is 41.6 Å². The largest absolute Gasteiger partial charge is 0.454 e. The molecule has 9 heteroatoms. The number of Topliss-reactive ketones (excluding diaryl/α,β-unsaturated/α-hetero) is 1. The number of ketones is 1. The zero-order valence-corrected chi connectivity index (χ0v) is 18.1. The maximum Gasteiger partial charge on any atom is 0.338 e. The van der Waals surface area contributed by atoms with Crippen LogP contribution in [0.5, 0.6) is 0 Å². The van der Waals surface area contributed by atoms with Crippen LogP contribution in [-0.2, 0) is 18.3 Å². The van der Waals surface area contributed by atoms with Gasteiger partial charge in [-0.3, -0.25) is 18.7 Å². The summed E-state index contributed by atoms with van der Waals surface area (Å²) < 4.78 is 7.08. The summed E-state index contributed by atoms with van der Waals surface area (Å²) in [6.45, 7) is -0.606. The average Bonchev–Trinajstić information content (AvgIpc) is 2.79. The van der Waals surface area contributed by atoms with E-state index in [4.69, 9.17) is 10.5 Å². The Bertz CT molecular complexity index is 1280. The van der Waals surface area contributed by atoms with Crippen molar-refractivity contribution in [2.45, 2.75) is 6.54 Å². The third kappa shape index (κ3) is 4.61. The number of benzene rings is 2. The molecule has 0 bridgehead atoms. The smallest absolute Gasteiger partial charge is 0.338 e. The van der Waals surface area contributed by atoms with Crippen LogP contribution in [0.25, 0.3) is 0 Å². The van der Waals surface area contributed by atoms with E-state index in [2.05, 4.69) is 0 Å². The van der Waals surface area contributed by atoms with Crippen molar-refractivity contribution in [1.82, 2.24) is 9.13 Å². The SMILES string of the molecule is CN(C)c1cccc(C(=O)OCC(=O)c2c(N)n(Cc3ccccc3)c(=O)n(C)c2=O)c1. The Balaban J connectivity index is 1.86. The first kappa shape index (κ1) is 22.5. The molecule has 0 unspecified atom stereocenters. The van der Waals surface area contributed by atoms with Gasteiger partial charge in [0.2, 0.25) is 5.78 Å². The molecule has 0 fully saturated rings. The lowest BCUT2D eigenvalue weighted by Gasteiger charge is -2.15. The molecular formula is C23H24N4O5. The van der Waals surface area contributed by atoms with Crippen LogP contribution in [0.4, 0.5) is 11.5 Å². The van der Waals surface area contributed by atoms with E-state index in [9.17, 15) is 19.2 Å². The van der Waals surface area contributed by atoms with E-state index in [0.29, 0.717) is 0 Å². The number of nitrogens with two attached hydrogens (primary N) is 1. The minimum Gasteiger partial charge on any atom is -0.454 e. The van der Waals surface area contributed by atoms with Crippen LogP contribution in [0.2, 0.25) is 0 Å². The lowest BCUT2D eigenvalue weighted by Crippen LogP contribution is -2.43. The first-order chi connectivity index (χ1) is 15.2.